The lowest BCUT2D eigenvalue weighted by Gasteiger charge is -2.25. The summed E-state index contributed by atoms with van der Waals surface area (Å²) in [7, 11) is 0. The number of rotatable bonds is 7. The van der Waals surface area contributed by atoms with Gasteiger partial charge in [0.1, 0.15) is 0 Å². The van der Waals surface area contributed by atoms with E-state index in [9.17, 15) is 0 Å². The number of nitrogens with zero attached hydrogens (tertiary/aromatic N) is 3. The second-order valence-electron chi connectivity index (χ2n) is 13.9. The molecule has 9 rings (SSSR count). The fourth-order valence-electron chi connectivity index (χ4n) is 7.56. The van der Waals surface area contributed by atoms with Gasteiger partial charge in [-0.05, 0) is 81.9 Å². The molecule has 248 valence electrons. The highest BCUT2D eigenvalue weighted by molar-refractivity contribution is 5.84. The highest BCUT2D eigenvalue weighted by Gasteiger charge is 2.35. The van der Waals surface area contributed by atoms with Gasteiger partial charge >= 0.3 is 0 Å². The lowest BCUT2D eigenvalue weighted by atomic mass is 9.82. The largest absolute Gasteiger partial charge is 0.311 e. The molecule has 0 N–H and O–H groups in total. The zero-order valence-electron chi connectivity index (χ0n) is 29.2. The summed E-state index contributed by atoms with van der Waals surface area (Å²) in [6.07, 6.45) is 0. The van der Waals surface area contributed by atoms with Crippen LogP contribution in [0.5, 0.6) is 0 Å². The lowest BCUT2D eigenvalue weighted by Crippen LogP contribution is -2.14. The first kappa shape index (κ1) is 31.4. The molecule has 0 aliphatic heterocycles. The number of benzene rings is 7. The summed E-state index contributed by atoms with van der Waals surface area (Å²) in [5.74, 6) is 0.711. The quantitative estimate of drug-likeness (QED) is 0.169. The first-order valence-corrected chi connectivity index (χ1v) is 17.8. The fourth-order valence-corrected chi connectivity index (χ4v) is 7.56. The van der Waals surface area contributed by atoms with Crippen LogP contribution in [0.1, 0.15) is 25.0 Å². The molecule has 0 radical (unpaired) electrons. The van der Waals surface area contributed by atoms with Crippen molar-refractivity contribution in [1.29, 1.82) is 0 Å². The summed E-state index contributed by atoms with van der Waals surface area (Å²) in [6.45, 7) is 4.64. The zero-order valence-corrected chi connectivity index (χ0v) is 29.2. The molecule has 0 fully saturated rings. The smallest absolute Gasteiger partial charge is 0.160 e. The number of anilines is 3. The molecule has 1 aliphatic carbocycles. The van der Waals surface area contributed by atoms with Crippen molar-refractivity contribution in [3.05, 3.63) is 199 Å². The van der Waals surface area contributed by atoms with Gasteiger partial charge in [-0.25, -0.2) is 9.97 Å². The Morgan fingerprint density at radius 3 is 1.46 bits per heavy atom. The summed E-state index contributed by atoms with van der Waals surface area (Å²) >= 11 is 0. The van der Waals surface area contributed by atoms with Gasteiger partial charge in [-0.2, -0.15) is 0 Å². The third kappa shape index (κ3) is 5.67. The fraction of sp³-hybridized carbons (Fsp3) is 0.0612. The van der Waals surface area contributed by atoms with E-state index in [1.807, 2.05) is 6.07 Å². The summed E-state index contributed by atoms with van der Waals surface area (Å²) in [4.78, 5) is 12.6. The van der Waals surface area contributed by atoms with E-state index in [4.69, 9.17) is 9.97 Å². The molecule has 0 spiro atoms. The number of hydrogen-bond donors (Lipinski definition) is 0. The Labute approximate surface area is 305 Å². The second kappa shape index (κ2) is 12.9. The van der Waals surface area contributed by atoms with Crippen molar-refractivity contribution in [3.8, 4) is 56.2 Å². The molecule has 0 unspecified atom stereocenters. The SMILES string of the molecule is CC1(C)c2ccccc2-c2ccc(-c3cc(-c4ccccc4)nc(-c4ccc(-c5ccc(N(c6ccccc6)c6ccccc6)cc5)cc4)n3)cc21. The monoisotopic (exact) mass is 667 g/mol. The first-order chi connectivity index (χ1) is 25.5. The van der Waals surface area contributed by atoms with E-state index in [1.54, 1.807) is 0 Å². The third-order valence-electron chi connectivity index (χ3n) is 10.3. The average molecular weight is 668 g/mol. The Balaban J connectivity index is 1.06. The van der Waals surface area contributed by atoms with E-state index >= 15 is 0 Å². The molecule has 0 atom stereocenters. The molecule has 3 nitrogen and oxygen atoms in total. The Bertz CT molecular complexity index is 2470. The molecule has 52 heavy (non-hydrogen) atoms. The number of para-hydroxylation sites is 2. The van der Waals surface area contributed by atoms with E-state index in [0.29, 0.717) is 5.82 Å². The van der Waals surface area contributed by atoms with Crippen molar-refractivity contribution in [1.82, 2.24) is 9.97 Å². The minimum atomic E-state index is -0.0878. The predicted octanol–water partition coefficient (Wildman–Crippen LogP) is 12.9. The highest BCUT2D eigenvalue weighted by Crippen LogP contribution is 2.49. The normalized spacial score (nSPS) is 12.6. The molecule has 7 aromatic carbocycles. The number of hydrogen-bond acceptors (Lipinski definition) is 3. The zero-order chi connectivity index (χ0) is 35.1. The molecule has 8 aromatic rings. The molecule has 0 amide bonds. The van der Waals surface area contributed by atoms with Gasteiger partial charge < -0.3 is 4.90 Å². The maximum atomic E-state index is 5.20. The van der Waals surface area contributed by atoms with Crippen LogP contribution in [0.25, 0.3) is 56.2 Å². The van der Waals surface area contributed by atoms with Gasteiger partial charge in [0.15, 0.2) is 5.82 Å². The van der Waals surface area contributed by atoms with E-state index in [2.05, 4.69) is 201 Å². The van der Waals surface area contributed by atoms with E-state index in [-0.39, 0.29) is 5.41 Å². The minimum Gasteiger partial charge on any atom is -0.311 e. The molecule has 0 saturated carbocycles. The average Bonchev–Trinajstić information content (AvgIpc) is 3.45. The molecule has 3 heteroatoms. The van der Waals surface area contributed by atoms with Gasteiger partial charge in [0.25, 0.3) is 0 Å². The van der Waals surface area contributed by atoms with Crippen LogP contribution in [0.2, 0.25) is 0 Å². The Morgan fingerprint density at radius 2 is 0.827 bits per heavy atom. The van der Waals surface area contributed by atoms with E-state index < -0.39 is 0 Å². The van der Waals surface area contributed by atoms with Gasteiger partial charge in [-0.3, -0.25) is 0 Å². The van der Waals surface area contributed by atoms with Crippen molar-refractivity contribution in [2.24, 2.45) is 0 Å². The van der Waals surface area contributed by atoms with Gasteiger partial charge in [-0.15, -0.1) is 0 Å². The molecular weight excluding hydrogens is 631 g/mol. The summed E-state index contributed by atoms with van der Waals surface area (Å²) in [5, 5.41) is 0. The summed E-state index contributed by atoms with van der Waals surface area (Å²) < 4.78 is 0. The van der Waals surface area contributed by atoms with Crippen LogP contribution in [0.15, 0.2) is 188 Å². The second-order valence-corrected chi connectivity index (χ2v) is 13.9. The molecule has 1 aliphatic rings. The van der Waals surface area contributed by atoms with Crippen molar-refractivity contribution in [2.75, 3.05) is 4.90 Å². The van der Waals surface area contributed by atoms with Crippen LogP contribution in [0.3, 0.4) is 0 Å². The van der Waals surface area contributed by atoms with Gasteiger partial charge in [0, 0.05) is 39.2 Å². The van der Waals surface area contributed by atoms with Crippen LogP contribution in [-0.4, -0.2) is 9.97 Å². The molecule has 0 saturated heterocycles. The van der Waals surface area contributed by atoms with Crippen molar-refractivity contribution >= 4 is 17.1 Å². The van der Waals surface area contributed by atoms with E-state index in [0.717, 1.165) is 56.3 Å². The van der Waals surface area contributed by atoms with Crippen molar-refractivity contribution in [2.45, 2.75) is 19.3 Å². The molecular formula is C49H37N3. The van der Waals surface area contributed by atoms with Crippen LogP contribution in [-0.2, 0) is 5.41 Å². The number of fused-ring (bicyclic) bond motifs is 3. The Kier molecular flexibility index (Phi) is 7.82. The molecule has 1 heterocycles. The summed E-state index contributed by atoms with van der Waals surface area (Å²) in [6, 6.07) is 66.5. The maximum Gasteiger partial charge on any atom is 0.160 e. The molecule has 0 bridgehead atoms. The number of aromatic nitrogens is 2. The van der Waals surface area contributed by atoms with Crippen molar-refractivity contribution < 1.29 is 0 Å². The minimum absolute atomic E-state index is 0.0878. The van der Waals surface area contributed by atoms with Gasteiger partial charge in [0.2, 0.25) is 0 Å². The first-order valence-electron chi connectivity index (χ1n) is 17.8. The van der Waals surface area contributed by atoms with Crippen LogP contribution < -0.4 is 4.90 Å². The van der Waals surface area contributed by atoms with Crippen LogP contribution in [0, 0.1) is 0 Å². The predicted molar refractivity (Wildman–Crippen MR) is 216 cm³/mol. The van der Waals surface area contributed by atoms with Gasteiger partial charge in [0.05, 0.1) is 11.4 Å². The summed E-state index contributed by atoms with van der Waals surface area (Å²) in [5.41, 5.74) is 15.8. The standard InChI is InChI=1S/C49H37N3/c1-49(2)44-21-13-12-20-42(44)43-31-28-38(32-45(43)49)47-33-46(36-14-6-3-7-15-36)50-48(51-47)37-24-22-34(23-25-37)35-26-29-41(30-27-35)52(39-16-8-4-9-17-39)40-18-10-5-11-19-40/h3-33H,1-2H3. The highest BCUT2D eigenvalue weighted by atomic mass is 15.1. The Morgan fingerprint density at radius 1 is 0.365 bits per heavy atom. The van der Waals surface area contributed by atoms with Crippen LogP contribution in [0.4, 0.5) is 17.1 Å². The third-order valence-corrected chi connectivity index (χ3v) is 10.3. The maximum absolute atomic E-state index is 5.20. The van der Waals surface area contributed by atoms with E-state index in [1.165, 1.54) is 22.3 Å². The van der Waals surface area contributed by atoms with Gasteiger partial charge in [-0.1, -0.05) is 153 Å². The molecule has 1 aromatic heterocycles. The van der Waals surface area contributed by atoms with Crippen molar-refractivity contribution in [3.63, 3.8) is 0 Å². The van der Waals surface area contributed by atoms with Crippen LogP contribution >= 0.6 is 0 Å². The lowest BCUT2D eigenvalue weighted by molar-refractivity contribution is 0.660. The topological polar surface area (TPSA) is 29.0 Å². The Hall–Kier alpha value is -6.58.